The van der Waals surface area contributed by atoms with Crippen LogP contribution in [0.25, 0.3) is 16.9 Å². The van der Waals surface area contributed by atoms with Gasteiger partial charge in [-0.05, 0) is 24.3 Å². The highest BCUT2D eigenvalue weighted by Crippen LogP contribution is 2.23. The minimum atomic E-state index is -0.403. The van der Waals surface area contributed by atoms with Crippen molar-refractivity contribution in [3.8, 4) is 11.3 Å². The zero-order chi connectivity index (χ0) is 11.8. The third-order valence-corrected chi connectivity index (χ3v) is 2.72. The molecule has 3 rings (SSSR count). The molecule has 0 saturated heterocycles. The monoisotopic (exact) mass is 227 g/mol. The fourth-order valence-corrected chi connectivity index (χ4v) is 1.87. The number of benzene rings is 1. The average molecular weight is 227 g/mol. The summed E-state index contributed by atoms with van der Waals surface area (Å²) >= 11 is 0. The zero-order valence-corrected chi connectivity index (χ0v) is 8.97. The van der Waals surface area contributed by atoms with E-state index in [2.05, 4.69) is 4.98 Å². The lowest BCUT2D eigenvalue weighted by Crippen LogP contribution is -1.94. The van der Waals surface area contributed by atoms with Gasteiger partial charge in [0.1, 0.15) is 11.5 Å². The number of anilines is 1. The summed E-state index contributed by atoms with van der Waals surface area (Å²) in [5.41, 5.74) is 8.12. The fourth-order valence-electron chi connectivity index (χ4n) is 1.87. The second-order valence-corrected chi connectivity index (χ2v) is 3.80. The van der Waals surface area contributed by atoms with Crippen molar-refractivity contribution in [2.24, 2.45) is 0 Å². The number of pyridine rings is 1. The first-order valence-electron chi connectivity index (χ1n) is 5.23. The van der Waals surface area contributed by atoms with Gasteiger partial charge in [0.15, 0.2) is 0 Å². The summed E-state index contributed by atoms with van der Waals surface area (Å²) in [6.45, 7) is 0. The lowest BCUT2D eigenvalue weighted by molar-refractivity contribution is 0.633. The van der Waals surface area contributed by atoms with Crippen molar-refractivity contribution in [1.29, 1.82) is 0 Å². The van der Waals surface area contributed by atoms with E-state index in [0.717, 1.165) is 16.9 Å². The van der Waals surface area contributed by atoms with Crippen molar-refractivity contribution in [1.82, 2.24) is 9.38 Å². The first-order chi connectivity index (χ1) is 8.25. The number of nitrogens with zero attached hydrogens (tertiary/aromatic N) is 2. The number of halogens is 1. The van der Waals surface area contributed by atoms with Gasteiger partial charge in [0, 0.05) is 18.0 Å². The van der Waals surface area contributed by atoms with E-state index < -0.39 is 5.82 Å². The highest BCUT2D eigenvalue weighted by Gasteiger charge is 2.06. The topological polar surface area (TPSA) is 43.3 Å². The predicted molar refractivity (Wildman–Crippen MR) is 65.0 cm³/mol. The summed E-state index contributed by atoms with van der Waals surface area (Å²) in [4.78, 5) is 4.19. The van der Waals surface area contributed by atoms with Gasteiger partial charge < -0.3 is 5.73 Å². The van der Waals surface area contributed by atoms with Crippen LogP contribution in [0.3, 0.4) is 0 Å². The van der Waals surface area contributed by atoms with Gasteiger partial charge in [0.2, 0.25) is 0 Å². The van der Waals surface area contributed by atoms with E-state index in [1.165, 1.54) is 6.07 Å². The van der Waals surface area contributed by atoms with Gasteiger partial charge >= 0.3 is 0 Å². The highest BCUT2D eigenvalue weighted by atomic mass is 19.1. The number of rotatable bonds is 1. The van der Waals surface area contributed by atoms with Crippen molar-refractivity contribution in [3.63, 3.8) is 0 Å². The summed E-state index contributed by atoms with van der Waals surface area (Å²) in [5, 5.41) is 0. The third kappa shape index (κ3) is 1.54. The van der Waals surface area contributed by atoms with Crippen LogP contribution in [-0.2, 0) is 0 Å². The number of fused-ring (bicyclic) bond motifs is 1. The second kappa shape index (κ2) is 3.59. The molecule has 0 saturated carbocycles. The summed E-state index contributed by atoms with van der Waals surface area (Å²) in [5.74, 6) is -0.403. The molecule has 3 nitrogen and oxygen atoms in total. The highest BCUT2D eigenvalue weighted by molar-refractivity contribution is 5.65. The number of hydrogen-bond acceptors (Lipinski definition) is 2. The minimum absolute atomic E-state index is 0.159. The maximum atomic E-state index is 13.4. The largest absolute Gasteiger partial charge is 0.396 e. The summed E-state index contributed by atoms with van der Waals surface area (Å²) < 4.78 is 15.3. The van der Waals surface area contributed by atoms with Crippen LogP contribution >= 0.6 is 0 Å². The Morgan fingerprint density at radius 3 is 2.88 bits per heavy atom. The Hall–Kier alpha value is -2.36. The molecule has 3 aromatic rings. The molecule has 0 fully saturated rings. The molecule has 0 atom stereocenters. The molecule has 0 unspecified atom stereocenters. The number of hydrogen-bond donors (Lipinski definition) is 1. The Balaban J connectivity index is 2.26. The maximum Gasteiger partial charge on any atom is 0.146 e. The summed E-state index contributed by atoms with van der Waals surface area (Å²) in [6.07, 6.45) is 3.56. The smallest absolute Gasteiger partial charge is 0.146 e. The minimum Gasteiger partial charge on any atom is -0.396 e. The fraction of sp³-hybridized carbons (Fsp3) is 0. The Kier molecular flexibility index (Phi) is 2.08. The van der Waals surface area contributed by atoms with E-state index in [0.29, 0.717) is 0 Å². The van der Waals surface area contributed by atoms with Crippen LogP contribution in [0.4, 0.5) is 10.1 Å². The van der Waals surface area contributed by atoms with Crippen LogP contribution in [0.1, 0.15) is 0 Å². The van der Waals surface area contributed by atoms with Crippen molar-refractivity contribution >= 4 is 11.3 Å². The third-order valence-electron chi connectivity index (χ3n) is 2.72. The number of imidazole rings is 1. The Bertz CT molecular complexity index is 688. The number of aromatic nitrogens is 2. The normalized spacial score (nSPS) is 10.9. The lowest BCUT2D eigenvalue weighted by atomic mass is 10.1. The molecule has 0 radical (unpaired) electrons. The molecule has 84 valence electrons. The summed E-state index contributed by atoms with van der Waals surface area (Å²) in [7, 11) is 0. The van der Waals surface area contributed by atoms with E-state index in [9.17, 15) is 4.39 Å². The van der Waals surface area contributed by atoms with Crippen LogP contribution < -0.4 is 5.73 Å². The molecule has 2 aromatic heterocycles. The quantitative estimate of drug-likeness (QED) is 0.649. The van der Waals surface area contributed by atoms with Gasteiger partial charge in [-0.3, -0.25) is 4.40 Å². The molecule has 0 aliphatic carbocycles. The van der Waals surface area contributed by atoms with Crippen molar-refractivity contribution < 1.29 is 4.39 Å². The van der Waals surface area contributed by atoms with Crippen LogP contribution in [-0.4, -0.2) is 9.38 Å². The maximum absolute atomic E-state index is 13.4. The van der Waals surface area contributed by atoms with Crippen molar-refractivity contribution in [3.05, 3.63) is 54.6 Å². The molecular weight excluding hydrogens is 217 g/mol. The molecule has 0 aliphatic heterocycles. The molecule has 0 bridgehead atoms. The van der Waals surface area contributed by atoms with E-state index in [1.807, 2.05) is 28.8 Å². The molecule has 0 amide bonds. The van der Waals surface area contributed by atoms with E-state index >= 15 is 0 Å². The van der Waals surface area contributed by atoms with E-state index in [1.54, 1.807) is 18.3 Å². The van der Waals surface area contributed by atoms with E-state index in [4.69, 9.17) is 5.73 Å². The Labute approximate surface area is 97.3 Å². The molecule has 0 spiro atoms. The van der Waals surface area contributed by atoms with Crippen molar-refractivity contribution in [2.75, 3.05) is 5.73 Å². The molecule has 17 heavy (non-hydrogen) atoms. The number of nitrogens with two attached hydrogens (primary N) is 1. The predicted octanol–water partition coefficient (Wildman–Crippen LogP) is 2.72. The van der Waals surface area contributed by atoms with Crippen molar-refractivity contribution in [2.45, 2.75) is 0 Å². The molecule has 4 heteroatoms. The van der Waals surface area contributed by atoms with Gasteiger partial charge in [0.05, 0.1) is 11.4 Å². The van der Waals surface area contributed by atoms with Gasteiger partial charge in [-0.1, -0.05) is 12.1 Å². The van der Waals surface area contributed by atoms with Crippen LogP contribution in [0, 0.1) is 5.82 Å². The van der Waals surface area contributed by atoms with Gasteiger partial charge in [0.25, 0.3) is 0 Å². The first-order valence-corrected chi connectivity index (χ1v) is 5.23. The summed E-state index contributed by atoms with van der Waals surface area (Å²) in [6, 6.07) is 10.5. The standard InChI is InChI=1S/C13H10FN3/c14-10-8-9(4-5-11(10)15)12-2-1-3-13-16-6-7-17(12)13/h1-8H,15H2. The van der Waals surface area contributed by atoms with Crippen LogP contribution in [0.2, 0.25) is 0 Å². The van der Waals surface area contributed by atoms with E-state index in [-0.39, 0.29) is 5.69 Å². The van der Waals surface area contributed by atoms with Crippen LogP contribution in [0.15, 0.2) is 48.8 Å². The molecule has 2 N–H and O–H groups in total. The zero-order valence-electron chi connectivity index (χ0n) is 8.97. The first kappa shape index (κ1) is 9.84. The average Bonchev–Trinajstić information content (AvgIpc) is 2.80. The number of nitrogen functional groups attached to an aromatic ring is 1. The lowest BCUT2D eigenvalue weighted by Gasteiger charge is -2.06. The second-order valence-electron chi connectivity index (χ2n) is 3.80. The molecular formula is C13H10FN3. The molecule has 1 aromatic carbocycles. The molecule has 0 aliphatic rings. The van der Waals surface area contributed by atoms with Crippen LogP contribution in [0.5, 0.6) is 0 Å². The van der Waals surface area contributed by atoms with Gasteiger partial charge in [-0.15, -0.1) is 0 Å². The molecule has 2 heterocycles. The Morgan fingerprint density at radius 2 is 2.06 bits per heavy atom. The SMILES string of the molecule is Nc1ccc(-c2cccc3nccn23)cc1F. The van der Waals surface area contributed by atoms with Gasteiger partial charge in [-0.25, -0.2) is 9.37 Å². The van der Waals surface area contributed by atoms with Gasteiger partial charge in [-0.2, -0.15) is 0 Å². The Morgan fingerprint density at radius 1 is 1.18 bits per heavy atom.